The van der Waals surface area contributed by atoms with Crippen LogP contribution in [-0.2, 0) is 6.54 Å². The molecule has 0 saturated carbocycles. The van der Waals surface area contributed by atoms with E-state index in [1.54, 1.807) is 6.20 Å². The Balaban J connectivity index is 1.64. The molecule has 5 nitrogen and oxygen atoms in total. The second kappa shape index (κ2) is 6.82. The lowest BCUT2D eigenvalue weighted by molar-refractivity contribution is 0.102. The van der Waals surface area contributed by atoms with E-state index in [1.165, 1.54) is 0 Å². The fourth-order valence-electron chi connectivity index (χ4n) is 2.87. The molecule has 0 fully saturated rings. The van der Waals surface area contributed by atoms with Crippen molar-refractivity contribution in [3.8, 4) is 11.1 Å². The number of nitrogens with one attached hydrogen (secondary N) is 1. The maximum atomic E-state index is 12.4. The maximum absolute atomic E-state index is 12.4. The molecular formula is C21H18N4O. The molecule has 0 aliphatic carbocycles. The number of hydrogen-bond donors (Lipinski definition) is 2. The zero-order valence-corrected chi connectivity index (χ0v) is 14.1. The van der Waals surface area contributed by atoms with Crippen LogP contribution in [0.15, 0.2) is 79.1 Å². The normalized spacial score (nSPS) is 10.8. The summed E-state index contributed by atoms with van der Waals surface area (Å²) in [5.41, 5.74) is 10.8. The van der Waals surface area contributed by atoms with E-state index >= 15 is 0 Å². The SMILES string of the molecule is NCc1cccc(-c2ccc3nc(C(=O)Nc4ccccc4)cn3c2)c1. The van der Waals surface area contributed by atoms with Crippen LogP contribution in [0.2, 0.25) is 0 Å². The monoisotopic (exact) mass is 342 g/mol. The van der Waals surface area contributed by atoms with Gasteiger partial charge in [0.2, 0.25) is 0 Å². The summed E-state index contributed by atoms with van der Waals surface area (Å²) in [6.07, 6.45) is 3.71. The molecule has 128 valence electrons. The molecule has 2 aromatic carbocycles. The molecule has 0 aliphatic heterocycles. The van der Waals surface area contributed by atoms with Crippen LogP contribution in [0.25, 0.3) is 16.8 Å². The molecule has 2 heterocycles. The maximum Gasteiger partial charge on any atom is 0.275 e. The third-order valence-electron chi connectivity index (χ3n) is 4.21. The van der Waals surface area contributed by atoms with E-state index in [1.807, 2.05) is 71.3 Å². The summed E-state index contributed by atoms with van der Waals surface area (Å²) in [6, 6.07) is 21.4. The van der Waals surface area contributed by atoms with Crippen LogP contribution in [0.4, 0.5) is 5.69 Å². The highest BCUT2D eigenvalue weighted by molar-refractivity contribution is 6.03. The van der Waals surface area contributed by atoms with Crippen molar-refractivity contribution >= 4 is 17.2 Å². The van der Waals surface area contributed by atoms with E-state index in [0.29, 0.717) is 12.2 Å². The van der Waals surface area contributed by atoms with E-state index in [2.05, 4.69) is 16.4 Å². The fourth-order valence-corrected chi connectivity index (χ4v) is 2.87. The molecule has 0 saturated heterocycles. The number of benzene rings is 2. The quantitative estimate of drug-likeness (QED) is 0.594. The molecule has 0 unspecified atom stereocenters. The Hall–Kier alpha value is -3.44. The molecule has 0 bridgehead atoms. The number of rotatable bonds is 4. The van der Waals surface area contributed by atoms with Gasteiger partial charge in [0.15, 0.2) is 0 Å². The third kappa shape index (κ3) is 3.20. The van der Waals surface area contributed by atoms with Gasteiger partial charge in [-0.05, 0) is 47.0 Å². The average Bonchev–Trinajstić information content (AvgIpc) is 3.12. The minimum Gasteiger partial charge on any atom is -0.326 e. The zero-order chi connectivity index (χ0) is 17.9. The van der Waals surface area contributed by atoms with E-state index in [-0.39, 0.29) is 5.91 Å². The van der Waals surface area contributed by atoms with Gasteiger partial charge in [0.05, 0.1) is 0 Å². The number of aromatic nitrogens is 2. The lowest BCUT2D eigenvalue weighted by atomic mass is 10.0. The first-order valence-corrected chi connectivity index (χ1v) is 8.37. The molecular weight excluding hydrogens is 324 g/mol. The van der Waals surface area contributed by atoms with Crippen molar-refractivity contribution in [2.75, 3.05) is 5.32 Å². The van der Waals surface area contributed by atoms with Gasteiger partial charge in [-0.3, -0.25) is 4.79 Å². The molecule has 3 N–H and O–H groups in total. The summed E-state index contributed by atoms with van der Waals surface area (Å²) in [7, 11) is 0. The standard InChI is InChI=1S/C21H18N4O/c22-12-15-5-4-6-16(11-15)17-9-10-20-24-19(14-25(20)13-17)21(26)23-18-7-2-1-3-8-18/h1-11,13-14H,12,22H2,(H,23,26). The summed E-state index contributed by atoms with van der Waals surface area (Å²) < 4.78 is 1.87. The third-order valence-corrected chi connectivity index (χ3v) is 4.21. The number of para-hydroxylation sites is 1. The van der Waals surface area contributed by atoms with Gasteiger partial charge in [0, 0.05) is 24.6 Å². The zero-order valence-electron chi connectivity index (χ0n) is 14.1. The first-order chi connectivity index (χ1) is 12.7. The summed E-state index contributed by atoms with van der Waals surface area (Å²) in [6.45, 7) is 0.505. The molecule has 0 aliphatic rings. The highest BCUT2D eigenvalue weighted by Crippen LogP contribution is 2.21. The lowest BCUT2D eigenvalue weighted by Gasteiger charge is -2.04. The fraction of sp³-hybridized carbons (Fsp3) is 0.0476. The van der Waals surface area contributed by atoms with Gasteiger partial charge in [0.1, 0.15) is 11.3 Å². The Kier molecular flexibility index (Phi) is 4.21. The largest absolute Gasteiger partial charge is 0.326 e. The number of anilines is 1. The number of nitrogens with zero attached hydrogens (tertiary/aromatic N) is 2. The number of pyridine rings is 1. The van der Waals surface area contributed by atoms with Crippen LogP contribution in [0.3, 0.4) is 0 Å². The molecule has 5 heteroatoms. The Morgan fingerprint density at radius 1 is 0.962 bits per heavy atom. The second-order valence-electron chi connectivity index (χ2n) is 6.03. The Morgan fingerprint density at radius 3 is 2.62 bits per heavy atom. The highest BCUT2D eigenvalue weighted by atomic mass is 16.1. The van der Waals surface area contributed by atoms with Crippen molar-refractivity contribution < 1.29 is 4.79 Å². The van der Waals surface area contributed by atoms with Crippen molar-refractivity contribution in [2.45, 2.75) is 6.54 Å². The Labute approximate surface area is 151 Å². The van der Waals surface area contributed by atoms with Gasteiger partial charge in [-0.15, -0.1) is 0 Å². The summed E-state index contributed by atoms with van der Waals surface area (Å²) in [5.74, 6) is -0.230. The van der Waals surface area contributed by atoms with Crippen molar-refractivity contribution in [2.24, 2.45) is 5.73 Å². The lowest BCUT2D eigenvalue weighted by Crippen LogP contribution is -2.11. The summed E-state index contributed by atoms with van der Waals surface area (Å²) in [5, 5.41) is 2.85. The van der Waals surface area contributed by atoms with Gasteiger partial charge >= 0.3 is 0 Å². The van der Waals surface area contributed by atoms with E-state index in [4.69, 9.17) is 5.73 Å². The van der Waals surface area contributed by atoms with Crippen molar-refractivity contribution in [1.82, 2.24) is 9.38 Å². The smallest absolute Gasteiger partial charge is 0.275 e. The van der Waals surface area contributed by atoms with Crippen molar-refractivity contribution in [3.63, 3.8) is 0 Å². The number of nitrogens with two attached hydrogens (primary N) is 1. The van der Waals surface area contributed by atoms with Gasteiger partial charge < -0.3 is 15.5 Å². The number of carbonyl (C=O) groups excluding carboxylic acids is 1. The van der Waals surface area contributed by atoms with E-state index < -0.39 is 0 Å². The first kappa shape index (κ1) is 16.1. The van der Waals surface area contributed by atoms with Gasteiger partial charge in [-0.1, -0.05) is 36.4 Å². The van der Waals surface area contributed by atoms with Crippen LogP contribution in [0.5, 0.6) is 0 Å². The molecule has 0 radical (unpaired) electrons. The van der Waals surface area contributed by atoms with E-state index in [0.717, 1.165) is 28.0 Å². The molecule has 0 atom stereocenters. The molecule has 26 heavy (non-hydrogen) atoms. The van der Waals surface area contributed by atoms with Gasteiger partial charge in [-0.2, -0.15) is 0 Å². The van der Waals surface area contributed by atoms with Crippen LogP contribution < -0.4 is 11.1 Å². The number of fused-ring (bicyclic) bond motifs is 1. The average molecular weight is 342 g/mol. The predicted octanol–water partition coefficient (Wildman–Crippen LogP) is 3.71. The van der Waals surface area contributed by atoms with Crippen LogP contribution in [0.1, 0.15) is 16.1 Å². The number of amides is 1. The number of hydrogen-bond acceptors (Lipinski definition) is 3. The van der Waals surface area contributed by atoms with Crippen LogP contribution >= 0.6 is 0 Å². The van der Waals surface area contributed by atoms with Gasteiger partial charge in [0.25, 0.3) is 5.91 Å². The second-order valence-corrected chi connectivity index (χ2v) is 6.03. The molecule has 0 spiro atoms. The highest BCUT2D eigenvalue weighted by Gasteiger charge is 2.11. The predicted molar refractivity (Wildman–Crippen MR) is 103 cm³/mol. The number of carbonyl (C=O) groups is 1. The van der Waals surface area contributed by atoms with Gasteiger partial charge in [-0.25, -0.2) is 4.98 Å². The van der Waals surface area contributed by atoms with Crippen molar-refractivity contribution in [3.05, 3.63) is 90.4 Å². The molecule has 2 aromatic heterocycles. The summed E-state index contributed by atoms with van der Waals surface area (Å²) >= 11 is 0. The van der Waals surface area contributed by atoms with Crippen LogP contribution in [0, 0.1) is 0 Å². The summed E-state index contributed by atoms with van der Waals surface area (Å²) in [4.78, 5) is 16.8. The van der Waals surface area contributed by atoms with Crippen molar-refractivity contribution in [1.29, 1.82) is 0 Å². The minimum absolute atomic E-state index is 0.230. The Morgan fingerprint density at radius 2 is 1.81 bits per heavy atom. The first-order valence-electron chi connectivity index (χ1n) is 8.37. The number of imidazole rings is 1. The topological polar surface area (TPSA) is 72.4 Å². The molecule has 4 rings (SSSR count). The van der Waals surface area contributed by atoms with Crippen LogP contribution in [-0.4, -0.2) is 15.3 Å². The molecule has 1 amide bonds. The molecule has 4 aromatic rings. The van der Waals surface area contributed by atoms with E-state index in [9.17, 15) is 4.79 Å². The minimum atomic E-state index is -0.230. The Bertz CT molecular complexity index is 1070.